The molecule has 0 spiro atoms. The van der Waals surface area contributed by atoms with Gasteiger partial charge in [0.2, 0.25) is 0 Å². The maximum Gasteiger partial charge on any atom is 0.128 e. The molecule has 1 aromatic rings. The molecule has 0 aliphatic carbocycles. The van der Waals surface area contributed by atoms with E-state index in [2.05, 4.69) is 18.7 Å². The summed E-state index contributed by atoms with van der Waals surface area (Å²) in [5.74, 6) is -0.205. The van der Waals surface area contributed by atoms with Crippen LogP contribution in [-0.2, 0) is 6.54 Å². The third kappa shape index (κ3) is 3.80. The van der Waals surface area contributed by atoms with E-state index >= 15 is 0 Å². The first-order valence-electron chi connectivity index (χ1n) is 7.80. The van der Waals surface area contributed by atoms with Gasteiger partial charge in [-0.3, -0.25) is 4.90 Å². The van der Waals surface area contributed by atoms with Gasteiger partial charge in [-0.25, -0.2) is 4.39 Å². The highest BCUT2D eigenvalue weighted by Gasteiger charge is 2.31. The van der Waals surface area contributed by atoms with E-state index in [4.69, 9.17) is 18.0 Å². The van der Waals surface area contributed by atoms with Crippen LogP contribution >= 0.6 is 12.2 Å². The van der Waals surface area contributed by atoms with E-state index in [1.807, 2.05) is 12.1 Å². The van der Waals surface area contributed by atoms with E-state index in [1.165, 1.54) is 31.7 Å². The molecule has 0 radical (unpaired) electrons. The third-order valence-electron chi connectivity index (χ3n) is 5.15. The minimum atomic E-state index is -0.205. The summed E-state index contributed by atoms with van der Waals surface area (Å²) in [4.78, 5) is 2.59. The van der Waals surface area contributed by atoms with Crippen LogP contribution in [0.5, 0.6) is 0 Å². The quantitative estimate of drug-likeness (QED) is 0.838. The molecule has 1 fully saturated rings. The Morgan fingerprint density at radius 1 is 1.29 bits per heavy atom. The molecule has 0 atom stereocenters. The van der Waals surface area contributed by atoms with Gasteiger partial charge >= 0.3 is 0 Å². The van der Waals surface area contributed by atoms with Crippen molar-refractivity contribution in [3.05, 3.63) is 35.1 Å². The number of piperidine rings is 1. The maximum atomic E-state index is 14.1. The number of benzene rings is 1. The third-order valence-corrected chi connectivity index (χ3v) is 5.38. The summed E-state index contributed by atoms with van der Waals surface area (Å²) in [6.45, 7) is 7.35. The van der Waals surface area contributed by atoms with E-state index < -0.39 is 0 Å². The summed E-state index contributed by atoms with van der Waals surface area (Å²) >= 11 is 4.88. The number of rotatable bonds is 5. The number of nitrogens with two attached hydrogens (primary N) is 1. The summed E-state index contributed by atoms with van der Waals surface area (Å²) in [6, 6.07) is 5.07. The van der Waals surface area contributed by atoms with Crippen molar-refractivity contribution in [3.63, 3.8) is 0 Å². The van der Waals surface area contributed by atoms with Crippen molar-refractivity contribution < 1.29 is 4.39 Å². The van der Waals surface area contributed by atoms with Gasteiger partial charge in [0.25, 0.3) is 0 Å². The van der Waals surface area contributed by atoms with Crippen LogP contribution in [0.3, 0.4) is 0 Å². The fraction of sp³-hybridized carbons (Fsp3) is 0.588. The zero-order valence-corrected chi connectivity index (χ0v) is 13.8. The molecule has 1 aliphatic rings. The Labute approximate surface area is 132 Å². The van der Waals surface area contributed by atoms with Gasteiger partial charge < -0.3 is 5.73 Å². The minimum Gasteiger partial charge on any atom is -0.389 e. The highest BCUT2D eigenvalue weighted by molar-refractivity contribution is 7.80. The van der Waals surface area contributed by atoms with Crippen LogP contribution in [-0.4, -0.2) is 23.0 Å². The Balaban J connectivity index is 1.99. The van der Waals surface area contributed by atoms with E-state index in [9.17, 15) is 4.39 Å². The standard InChI is InChI=1S/C17H25FN2S/c1-3-17(4-2)7-9-20(10-8-17)12-14-6-5-13(16(19)21)11-15(14)18/h5-6,11H,3-4,7-10,12H2,1-2H3,(H2,19,21). The van der Waals surface area contributed by atoms with Crippen LogP contribution in [0.2, 0.25) is 0 Å². The van der Waals surface area contributed by atoms with Gasteiger partial charge in [-0.2, -0.15) is 0 Å². The summed E-state index contributed by atoms with van der Waals surface area (Å²) in [5, 5.41) is 0. The first-order valence-corrected chi connectivity index (χ1v) is 8.21. The molecule has 0 saturated carbocycles. The smallest absolute Gasteiger partial charge is 0.128 e. The van der Waals surface area contributed by atoms with Gasteiger partial charge in [0.1, 0.15) is 10.8 Å². The zero-order chi connectivity index (χ0) is 15.5. The van der Waals surface area contributed by atoms with Gasteiger partial charge in [0, 0.05) is 17.7 Å². The van der Waals surface area contributed by atoms with Crippen LogP contribution in [0.1, 0.15) is 50.7 Å². The highest BCUT2D eigenvalue weighted by atomic mass is 32.1. The molecule has 1 aliphatic heterocycles. The molecular weight excluding hydrogens is 283 g/mol. The van der Waals surface area contributed by atoms with Crippen molar-refractivity contribution in [3.8, 4) is 0 Å². The number of likely N-dealkylation sites (tertiary alicyclic amines) is 1. The number of nitrogens with zero attached hydrogens (tertiary/aromatic N) is 1. The number of hydrogen-bond donors (Lipinski definition) is 1. The van der Waals surface area contributed by atoms with Crippen molar-refractivity contribution >= 4 is 17.2 Å². The van der Waals surface area contributed by atoms with Gasteiger partial charge in [-0.1, -0.05) is 51.0 Å². The van der Waals surface area contributed by atoms with Crippen molar-refractivity contribution in [1.29, 1.82) is 0 Å². The van der Waals surface area contributed by atoms with Crippen LogP contribution in [0.25, 0.3) is 0 Å². The number of halogens is 1. The van der Waals surface area contributed by atoms with Crippen LogP contribution in [0.15, 0.2) is 18.2 Å². The molecule has 0 aromatic heterocycles. The molecule has 1 saturated heterocycles. The molecule has 2 rings (SSSR count). The molecule has 0 bridgehead atoms. The maximum absolute atomic E-state index is 14.1. The van der Waals surface area contributed by atoms with E-state index in [0.717, 1.165) is 18.7 Å². The average molecular weight is 308 g/mol. The predicted octanol–water partition coefficient (Wildman–Crippen LogP) is 3.86. The molecule has 116 valence electrons. The first-order chi connectivity index (χ1) is 9.99. The molecule has 2 nitrogen and oxygen atoms in total. The highest BCUT2D eigenvalue weighted by Crippen LogP contribution is 2.38. The summed E-state index contributed by atoms with van der Waals surface area (Å²) < 4.78 is 14.1. The molecular formula is C17H25FN2S. The van der Waals surface area contributed by atoms with Crippen LogP contribution < -0.4 is 5.73 Å². The Bertz CT molecular complexity index is 502. The SMILES string of the molecule is CCC1(CC)CCN(Cc2ccc(C(N)=S)cc2F)CC1. The van der Waals surface area contributed by atoms with Crippen LogP contribution in [0, 0.1) is 11.2 Å². The molecule has 4 heteroatoms. The lowest BCUT2D eigenvalue weighted by Crippen LogP contribution is -2.39. The second-order valence-electron chi connectivity index (χ2n) is 6.15. The molecule has 1 aromatic carbocycles. The van der Waals surface area contributed by atoms with E-state index in [1.54, 1.807) is 0 Å². The van der Waals surface area contributed by atoms with Gasteiger partial charge in [0.05, 0.1) is 0 Å². The minimum absolute atomic E-state index is 0.205. The molecule has 1 heterocycles. The Kier molecular flexibility index (Phi) is 5.33. The Morgan fingerprint density at radius 2 is 1.90 bits per heavy atom. The van der Waals surface area contributed by atoms with E-state index in [-0.39, 0.29) is 10.8 Å². The lowest BCUT2D eigenvalue weighted by molar-refractivity contribution is 0.0902. The molecule has 2 N–H and O–H groups in total. The fourth-order valence-corrected chi connectivity index (χ4v) is 3.34. The largest absolute Gasteiger partial charge is 0.389 e. The van der Waals surface area contributed by atoms with E-state index in [0.29, 0.717) is 17.5 Å². The number of hydrogen-bond acceptors (Lipinski definition) is 2. The normalized spacial score (nSPS) is 18.6. The van der Waals surface area contributed by atoms with Gasteiger partial charge in [-0.15, -0.1) is 0 Å². The number of thiocarbonyl (C=S) groups is 1. The fourth-order valence-electron chi connectivity index (χ4n) is 3.21. The summed E-state index contributed by atoms with van der Waals surface area (Å²) in [7, 11) is 0. The van der Waals surface area contributed by atoms with Crippen LogP contribution in [0.4, 0.5) is 4.39 Å². The molecule has 0 unspecified atom stereocenters. The monoisotopic (exact) mass is 308 g/mol. The van der Waals surface area contributed by atoms with Crippen molar-refractivity contribution in [2.45, 2.75) is 46.1 Å². The van der Waals surface area contributed by atoms with Gasteiger partial charge in [0.15, 0.2) is 0 Å². The lowest BCUT2D eigenvalue weighted by atomic mass is 9.74. The lowest BCUT2D eigenvalue weighted by Gasteiger charge is -2.41. The topological polar surface area (TPSA) is 29.3 Å². The second-order valence-corrected chi connectivity index (χ2v) is 6.59. The molecule has 0 amide bonds. The predicted molar refractivity (Wildman–Crippen MR) is 89.8 cm³/mol. The Morgan fingerprint density at radius 3 is 2.38 bits per heavy atom. The van der Waals surface area contributed by atoms with Crippen molar-refractivity contribution in [2.24, 2.45) is 11.1 Å². The summed E-state index contributed by atoms with van der Waals surface area (Å²) in [5.41, 5.74) is 7.37. The second kappa shape index (κ2) is 6.84. The van der Waals surface area contributed by atoms with Crippen molar-refractivity contribution in [1.82, 2.24) is 4.90 Å². The Hall–Kier alpha value is -1.00. The average Bonchev–Trinajstić information content (AvgIpc) is 2.50. The first kappa shape index (κ1) is 16.4. The summed E-state index contributed by atoms with van der Waals surface area (Å²) in [6.07, 6.45) is 4.92. The van der Waals surface area contributed by atoms with Crippen molar-refractivity contribution in [2.75, 3.05) is 13.1 Å². The van der Waals surface area contributed by atoms with Gasteiger partial charge in [-0.05, 0) is 37.4 Å². The zero-order valence-electron chi connectivity index (χ0n) is 13.0. The molecule has 21 heavy (non-hydrogen) atoms.